The van der Waals surface area contributed by atoms with Crippen LogP contribution in [-0.4, -0.2) is 74.4 Å². The summed E-state index contributed by atoms with van der Waals surface area (Å²) in [5.41, 5.74) is 1.83. The Morgan fingerprint density at radius 2 is 2.16 bits per heavy atom. The number of carbonyl (C=O) groups is 1. The number of aryl methyl sites for hydroxylation is 1. The van der Waals surface area contributed by atoms with Gasteiger partial charge in [0.2, 0.25) is 0 Å². The SMILES string of the molecule is COC1CCN(C(=O)c2sc3nc(-c4nccn4C)nc(NC4CC(CO)C4)c3c2C2=CC=CCC=C2)C1. The number of carbonyl (C=O) groups excluding carboxylic acids is 1. The van der Waals surface area contributed by atoms with Crippen LogP contribution in [0.2, 0.25) is 0 Å². The van der Waals surface area contributed by atoms with Crippen LogP contribution in [0.4, 0.5) is 5.82 Å². The summed E-state index contributed by atoms with van der Waals surface area (Å²) in [5, 5.41) is 14.0. The predicted molar refractivity (Wildman–Crippen MR) is 149 cm³/mol. The second-order valence-corrected chi connectivity index (χ2v) is 11.2. The Morgan fingerprint density at radius 3 is 2.89 bits per heavy atom. The molecule has 1 saturated heterocycles. The molecule has 1 unspecified atom stereocenters. The number of nitrogens with one attached hydrogen (secondary N) is 1. The van der Waals surface area contributed by atoms with E-state index in [1.165, 1.54) is 11.3 Å². The largest absolute Gasteiger partial charge is 0.396 e. The topological polar surface area (TPSA) is 105 Å². The number of ether oxygens (including phenoxy) is 1. The van der Waals surface area contributed by atoms with Gasteiger partial charge in [-0.2, -0.15) is 0 Å². The molecular formula is C28H32N6O3S. The Bertz CT molecular complexity index is 1450. The molecule has 0 spiro atoms. The molecule has 1 saturated carbocycles. The van der Waals surface area contributed by atoms with Gasteiger partial charge in [-0.05, 0) is 37.2 Å². The van der Waals surface area contributed by atoms with Crippen molar-refractivity contribution in [3.63, 3.8) is 0 Å². The van der Waals surface area contributed by atoms with Gasteiger partial charge in [-0.25, -0.2) is 15.0 Å². The van der Waals surface area contributed by atoms with Gasteiger partial charge in [0.25, 0.3) is 5.91 Å². The fourth-order valence-electron chi connectivity index (χ4n) is 5.40. The molecule has 38 heavy (non-hydrogen) atoms. The van der Waals surface area contributed by atoms with Crippen molar-refractivity contribution in [3.05, 3.63) is 53.2 Å². The molecular weight excluding hydrogens is 500 g/mol. The zero-order valence-electron chi connectivity index (χ0n) is 21.6. The van der Waals surface area contributed by atoms with Crippen molar-refractivity contribution in [2.24, 2.45) is 13.0 Å². The van der Waals surface area contributed by atoms with E-state index in [0.717, 1.165) is 47.0 Å². The number of amides is 1. The number of fused-ring (bicyclic) bond motifs is 1. The quantitative estimate of drug-likeness (QED) is 0.473. The van der Waals surface area contributed by atoms with Gasteiger partial charge in [-0.3, -0.25) is 4.79 Å². The molecule has 198 valence electrons. The standard InChI is InChI=1S/C28H32N6O3S/c1-33-12-10-29-26(33)25-31-24(30-19-13-17(14-19)16-35)22-21(18-7-5-3-4-6-8-18)23(38-27(22)32-25)28(36)34-11-9-20(15-34)37-2/h3,5-8,10,12,17,19-20,35H,4,9,11,13-16H2,1-2H3,(H,30,31,32). The monoisotopic (exact) mass is 532 g/mol. The van der Waals surface area contributed by atoms with E-state index in [-0.39, 0.29) is 24.7 Å². The number of anilines is 1. The molecule has 3 aromatic heterocycles. The summed E-state index contributed by atoms with van der Waals surface area (Å²) in [6.45, 7) is 1.44. The number of rotatable bonds is 7. The van der Waals surface area contributed by atoms with Gasteiger partial charge >= 0.3 is 0 Å². The molecule has 1 aliphatic heterocycles. The van der Waals surface area contributed by atoms with Gasteiger partial charge in [0, 0.05) is 57.9 Å². The average molecular weight is 533 g/mol. The summed E-state index contributed by atoms with van der Waals surface area (Å²) in [4.78, 5) is 31.7. The number of aliphatic hydroxyl groups excluding tert-OH is 1. The van der Waals surface area contributed by atoms with Crippen LogP contribution in [-0.2, 0) is 11.8 Å². The molecule has 6 rings (SSSR count). The summed E-state index contributed by atoms with van der Waals surface area (Å²) in [6.07, 6.45) is 17.5. The Balaban J connectivity index is 1.53. The summed E-state index contributed by atoms with van der Waals surface area (Å²) in [6, 6.07) is 0.200. The van der Waals surface area contributed by atoms with E-state index in [0.29, 0.717) is 41.4 Å². The lowest BCUT2D eigenvalue weighted by atomic mass is 9.81. The molecule has 2 N–H and O–H groups in total. The third kappa shape index (κ3) is 4.57. The van der Waals surface area contributed by atoms with Crippen LogP contribution in [0.15, 0.2) is 42.8 Å². The van der Waals surface area contributed by atoms with Gasteiger partial charge in [-0.15, -0.1) is 11.3 Å². The van der Waals surface area contributed by atoms with Crippen molar-refractivity contribution >= 4 is 38.9 Å². The van der Waals surface area contributed by atoms with Crippen LogP contribution in [0.3, 0.4) is 0 Å². The molecule has 1 atom stereocenters. The Kier molecular flexibility index (Phi) is 6.86. The molecule has 0 radical (unpaired) electrons. The summed E-state index contributed by atoms with van der Waals surface area (Å²) < 4.78 is 7.43. The number of methoxy groups -OCH3 is 1. The maximum Gasteiger partial charge on any atom is 0.264 e. The van der Waals surface area contributed by atoms with Crippen LogP contribution in [0.5, 0.6) is 0 Å². The molecule has 9 nitrogen and oxygen atoms in total. The van der Waals surface area contributed by atoms with Crippen molar-refractivity contribution in [2.75, 3.05) is 32.1 Å². The average Bonchev–Trinajstić information content (AvgIpc) is 3.59. The number of hydrogen-bond acceptors (Lipinski definition) is 8. The molecule has 3 aliphatic rings. The second-order valence-electron chi connectivity index (χ2n) is 10.2. The van der Waals surface area contributed by atoms with Gasteiger partial charge < -0.3 is 24.6 Å². The summed E-state index contributed by atoms with van der Waals surface area (Å²) in [5.74, 6) is 2.19. The van der Waals surface area contributed by atoms with Crippen LogP contribution >= 0.6 is 11.3 Å². The fraction of sp³-hybridized carbons (Fsp3) is 0.429. The number of likely N-dealkylation sites (tertiary alicyclic amines) is 1. The number of hydrogen-bond donors (Lipinski definition) is 2. The van der Waals surface area contributed by atoms with E-state index in [1.807, 2.05) is 28.8 Å². The number of aromatic nitrogens is 4. The van der Waals surface area contributed by atoms with Crippen LogP contribution in [0.1, 0.15) is 40.9 Å². The Morgan fingerprint density at radius 1 is 1.29 bits per heavy atom. The van der Waals surface area contributed by atoms with Crippen molar-refractivity contribution < 1.29 is 14.6 Å². The maximum atomic E-state index is 14.0. The highest BCUT2D eigenvalue weighted by Gasteiger charge is 2.34. The van der Waals surface area contributed by atoms with Crippen molar-refractivity contribution in [1.82, 2.24) is 24.4 Å². The lowest BCUT2D eigenvalue weighted by Crippen LogP contribution is -2.37. The minimum atomic E-state index is -0.00134. The molecule has 0 bridgehead atoms. The number of aliphatic hydroxyl groups is 1. The molecule has 4 heterocycles. The maximum absolute atomic E-state index is 14.0. The van der Waals surface area contributed by atoms with E-state index in [9.17, 15) is 9.90 Å². The van der Waals surface area contributed by atoms with E-state index < -0.39 is 0 Å². The van der Waals surface area contributed by atoms with E-state index in [1.54, 1.807) is 13.3 Å². The number of allylic oxidation sites excluding steroid dienone is 6. The Hall–Kier alpha value is -3.34. The first kappa shape index (κ1) is 25.0. The number of nitrogens with zero attached hydrogens (tertiary/aromatic N) is 5. The smallest absolute Gasteiger partial charge is 0.264 e. The molecule has 2 aliphatic carbocycles. The third-order valence-corrected chi connectivity index (χ3v) is 8.71. The van der Waals surface area contributed by atoms with Gasteiger partial charge in [0.15, 0.2) is 11.6 Å². The van der Waals surface area contributed by atoms with Gasteiger partial charge in [0.1, 0.15) is 15.5 Å². The van der Waals surface area contributed by atoms with Gasteiger partial charge in [-0.1, -0.05) is 30.4 Å². The van der Waals surface area contributed by atoms with E-state index >= 15 is 0 Å². The molecule has 1 amide bonds. The van der Waals surface area contributed by atoms with E-state index in [2.05, 4.69) is 34.6 Å². The molecule has 3 aromatic rings. The first-order valence-corrected chi connectivity index (χ1v) is 13.9. The zero-order chi connectivity index (χ0) is 26.2. The number of imidazole rings is 1. The highest BCUT2D eigenvalue weighted by molar-refractivity contribution is 7.21. The van der Waals surface area contributed by atoms with Crippen LogP contribution < -0.4 is 5.32 Å². The minimum Gasteiger partial charge on any atom is -0.396 e. The lowest BCUT2D eigenvalue weighted by Gasteiger charge is -2.35. The lowest BCUT2D eigenvalue weighted by molar-refractivity contribution is 0.0728. The number of thiophene rings is 1. The zero-order valence-corrected chi connectivity index (χ0v) is 22.4. The highest BCUT2D eigenvalue weighted by Crippen LogP contribution is 2.42. The van der Waals surface area contributed by atoms with Crippen LogP contribution in [0, 0.1) is 5.92 Å². The summed E-state index contributed by atoms with van der Waals surface area (Å²) >= 11 is 1.42. The normalized spacial score (nSPS) is 23.0. The third-order valence-electron chi connectivity index (χ3n) is 7.64. The van der Waals surface area contributed by atoms with Crippen LogP contribution in [0.25, 0.3) is 27.4 Å². The van der Waals surface area contributed by atoms with Gasteiger partial charge in [0.05, 0.1) is 11.5 Å². The predicted octanol–water partition coefficient (Wildman–Crippen LogP) is 4.04. The highest BCUT2D eigenvalue weighted by atomic mass is 32.1. The molecule has 0 aromatic carbocycles. The Labute approximate surface area is 225 Å². The molecule has 10 heteroatoms. The van der Waals surface area contributed by atoms with Crippen molar-refractivity contribution in [3.8, 4) is 11.6 Å². The van der Waals surface area contributed by atoms with Crippen molar-refractivity contribution in [1.29, 1.82) is 0 Å². The van der Waals surface area contributed by atoms with Crippen molar-refractivity contribution in [2.45, 2.75) is 37.8 Å². The molecule has 2 fully saturated rings. The first-order valence-electron chi connectivity index (χ1n) is 13.1. The summed E-state index contributed by atoms with van der Waals surface area (Å²) in [7, 11) is 3.62. The minimum absolute atomic E-state index is 0.00134. The van der Waals surface area contributed by atoms with E-state index in [4.69, 9.17) is 14.7 Å². The fourth-order valence-corrected chi connectivity index (χ4v) is 6.57. The first-order chi connectivity index (χ1) is 18.6. The second kappa shape index (κ2) is 10.4.